The molecule has 15 heavy (non-hydrogen) atoms. The van der Waals surface area contributed by atoms with Crippen LogP contribution in [0.1, 0.15) is 40.5 Å². The summed E-state index contributed by atoms with van der Waals surface area (Å²) in [6.45, 7) is 9.50. The highest BCUT2D eigenvalue weighted by Crippen LogP contribution is 2.13. The van der Waals surface area contributed by atoms with Crippen molar-refractivity contribution in [1.82, 2.24) is 4.90 Å². The van der Waals surface area contributed by atoms with Crippen molar-refractivity contribution in [1.29, 1.82) is 0 Å². The van der Waals surface area contributed by atoms with E-state index in [0.29, 0.717) is 12.6 Å². The molecule has 0 aliphatic rings. The number of hydrogen-bond donors (Lipinski definition) is 0. The van der Waals surface area contributed by atoms with Gasteiger partial charge in [0.1, 0.15) is 5.78 Å². The Bertz CT molecular complexity index is 178. The zero-order valence-electron chi connectivity index (χ0n) is 10.7. The summed E-state index contributed by atoms with van der Waals surface area (Å²) in [5.74, 6) is 0.234. The van der Waals surface area contributed by atoms with E-state index in [4.69, 9.17) is 4.74 Å². The van der Waals surface area contributed by atoms with Crippen molar-refractivity contribution in [2.24, 2.45) is 0 Å². The van der Waals surface area contributed by atoms with Gasteiger partial charge in [-0.3, -0.25) is 9.69 Å². The molecule has 1 atom stereocenters. The van der Waals surface area contributed by atoms with Gasteiger partial charge < -0.3 is 4.74 Å². The number of Topliss-reactive ketones (excluding diaryl/α,β-unsaturated/α-hetero) is 1. The maximum Gasteiger partial charge on any atom is 0.146 e. The average Bonchev–Trinajstić information content (AvgIpc) is 2.23. The molecule has 0 aliphatic carbocycles. The second-order valence-electron chi connectivity index (χ2n) is 3.99. The third-order valence-electron chi connectivity index (χ3n) is 3.05. The monoisotopic (exact) mass is 215 g/mol. The van der Waals surface area contributed by atoms with E-state index in [1.807, 2.05) is 6.92 Å². The number of nitrogens with zero attached hydrogens (tertiary/aromatic N) is 1. The van der Waals surface area contributed by atoms with E-state index in [0.717, 1.165) is 19.4 Å². The predicted molar refractivity (Wildman–Crippen MR) is 63.1 cm³/mol. The second-order valence-corrected chi connectivity index (χ2v) is 3.99. The molecule has 0 radical (unpaired) electrons. The van der Waals surface area contributed by atoms with E-state index in [1.165, 1.54) is 0 Å². The Morgan fingerprint density at radius 2 is 1.87 bits per heavy atom. The topological polar surface area (TPSA) is 29.5 Å². The Labute approximate surface area is 93.8 Å². The van der Waals surface area contributed by atoms with Gasteiger partial charge in [0, 0.05) is 19.7 Å². The Balaban J connectivity index is 4.46. The van der Waals surface area contributed by atoms with Crippen molar-refractivity contribution >= 4 is 5.78 Å². The van der Waals surface area contributed by atoms with Crippen LogP contribution < -0.4 is 0 Å². The van der Waals surface area contributed by atoms with Gasteiger partial charge in [-0.25, -0.2) is 0 Å². The fraction of sp³-hybridized carbons (Fsp3) is 0.917. The lowest BCUT2D eigenvalue weighted by atomic mass is 10.1. The summed E-state index contributed by atoms with van der Waals surface area (Å²) in [5.41, 5.74) is 0. The number of methoxy groups -OCH3 is 1. The van der Waals surface area contributed by atoms with Crippen LogP contribution in [-0.4, -0.2) is 43.0 Å². The molecule has 0 saturated heterocycles. The van der Waals surface area contributed by atoms with Crippen LogP contribution in [0.2, 0.25) is 0 Å². The molecule has 0 N–H and O–H groups in total. The first-order valence-electron chi connectivity index (χ1n) is 5.83. The van der Waals surface area contributed by atoms with Gasteiger partial charge in [-0.1, -0.05) is 13.8 Å². The van der Waals surface area contributed by atoms with Crippen LogP contribution >= 0.6 is 0 Å². The standard InChI is InChI=1S/C12H25NO2/c1-6-12(7-2)13(8-9-15-5)10(3)11(4)14/h10,12H,6-9H2,1-5H3. The first-order valence-corrected chi connectivity index (χ1v) is 5.83. The summed E-state index contributed by atoms with van der Waals surface area (Å²) in [4.78, 5) is 13.7. The summed E-state index contributed by atoms with van der Waals surface area (Å²) < 4.78 is 5.09. The molecule has 0 saturated carbocycles. The molecule has 0 bridgehead atoms. The molecule has 3 heteroatoms. The van der Waals surface area contributed by atoms with E-state index in [-0.39, 0.29) is 11.8 Å². The predicted octanol–water partition coefficient (Wildman–Crippen LogP) is 2.10. The first kappa shape index (κ1) is 14.6. The smallest absolute Gasteiger partial charge is 0.146 e. The van der Waals surface area contributed by atoms with Gasteiger partial charge in [-0.2, -0.15) is 0 Å². The Kier molecular flexibility index (Phi) is 7.61. The van der Waals surface area contributed by atoms with Crippen molar-refractivity contribution in [3.8, 4) is 0 Å². The lowest BCUT2D eigenvalue weighted by molar-refractivity contribution is -0.122. The Morgan fingerprint density at radius 3 is 2.20 bits per heavy atom. The number of ketones is 1. The lowest BCUT2D eigenvalue weighted by Gasteiger charge is -2.34. The zero-order valence-corrected chi connectivity index (χ0v) is 10.7. The summed E-state index contributed by atoms with van der Waals surface area (Å²) >= 11 is 0. The van der Waals surface area contributed by atoms with E-state index in [9.17, 15) is 4.79 Å². The normalized spacial score (nSPS) is 13.5. The van der Waals surface area contributed by atoms with Crippen molar-refractivity contribution in [3.63, 3.8) is 0 Å². The van der Waals surface area contributed by atoms with Gasteiger partial charge in [0.25, 0.3) is 0 Å². The highest BCUT2D eigenvalue weighted by molar-refractivity contribution is 5.80. The van der Waals surface area contributed by atoms with E-state index >= 15 is 0 Å². The van der Waals surface area contributed by atoms with E-state index in [1.54, 1.807) is 14.0 Å². The molecule has 0 aromatic heterocycles. The Morgan fingerprint density at radius 1 is 1.33 bits per heavy atom. The van der Waals surface area contributed by atoms with Crippen LogP contribution in [0.3, 0.4) is 0 Å². The summed E-state index contributed by atoms with van der Waals surface area (Å²) in [7, 11) is 1.70. The minimum atomic E-state index is 0.00468. The molecule has 0 spiro atoms. The number of carbonyl (C=O) groups is 1. The molecule has 0 aromatic rings. The minimum absolute atomic E-state index is 0.00468. The molecule has 0 rings (SSSR count). The number of hydrogen-bond acceptors (Lipinski definition) is 3. The van der Waals surface area contributed by atoms with Gasteiger partial charge in [-0.15, -0.1) is 0 Å². The molecule has 90 valence electrons. The van der Waals surface area contributed by atoms with Gasteiger partial charge in [0.05, 0.1) is 12.6 Å². The van der Waals surface area contributed by atoms with Crippen LogP contribution in [0, 0.1) is 0 Å². The van der Waals surface area contributed by atoms with Gasteiger partial charge in [-0.05, 0) is 26.7 Å². The molecule has 0 fully saturated rings. The maximum absolute atomic E-state index is 11.4. The largest absolute Gasteiger partial charge is 0.383 e. The van der Waals surface area contributed by atoms with Crippen molar-refractivity contribution in [3.05, 3.63) is 0 Å². The SMILES string of the molecule is CCC(CC)N(CCOC)C(C)C(C)=O. The second kappa shape index (κ2) is 7.83. The first-order chi connectivity index (χ1) is 7.08. The molecular weight excluding hydrogens is 190 g/mol. The number of rotatable bonds is 8. The van der Waals surface area contributed by atoms with Crippen molar-refractivity contribution < 1.29 is 9.53 Å². The van der Waals surface area contributed by atoms with Crippen molar-refractivity contribution in [2.75, 3.05) is 20.3 Å². The molecule has 0 aliphatic heterocycles. The summed E-state index contributed by atoms with van der Waals surface area (Å²) in [6, 6.07) is 0.490. The molecule has 0 aromatic carbocycles. The highest BCUT2D eigenvalue weighted by Gasteiger charge is 2.23. The Hall–Kier alpha value is -0.410. The van der Waals surface area contributed by atoms with Crippen LogP contribution in [0.5, 0.6) is 0 Å². The van der Waals surface area contributed by atoms with Gasteiger partial charge in [0.2, 0.25) is 0 Å². The zero-order chi connectivity index (χ0) is 11.8. The van der Waals surface area contributed by atoms with Gasteiger partial charge in [0.15, 0.2) is 0 Å². The van der Waals surface area contributed by atoms with Crippen LogP contribution in [0.4, 0.5) is 0 Å². The molecule has 0 amide bonds. The molecule has 0 heterocycles. The van der Waals surface area contributed by atoms with E-state index < -0.39 is 0 Å². The number of ether oxygens (including phenoxy) is 1. The average molecular weight is 215 g/mol. The molecule has 1 unspecified atom stereocenters. The van der Waals surface area contributed by atoms with Gasteiger partial charge >= 0.3 is 0 Å². The maximum atomic E-state index is 11.4. The van der Waals surface area contributed by atoms with Crippen LogP contribution in [-0.2, 0) is 9.53 Å². The lowest BCUT2D eigenvalue weighted by Crippen LogP contribution is -2.46. The molecule has 3 nitrogen and oxygen atoms in total. The minimum Gasteiger partial charge on any atom is -0.383 e. The van der Waals surface area contributed by atoms with Crippen LogP contribution in [0.25, 0.3) is 0 Å². The third kappa shape index (κ3) is 4.76. The summed E-state index contributed by atoms with van der Waals surface area (Å²) in [5, 5.41) is 0. The molecular formula is C12H25NO2. The third-order valence-corrected chi connectivity index (χ3v) is 3.05. The van der Waals surface area contributed by atoms with E-state index in [2.05, 4.69) is 18.7 Å². The van der Waals surface area contributed by atoms with Crippen molar-refractivity contribution in [2.45, 2.75) is 52.6 Å². The quantitative estimate of drug-likeness (QED) is 0.621. The fourth-order valence-electron chi connectivity index (χ4n) is 1.88. The number of carbonyl (C=O) groups excluding carboxylic acids is 1. The highest BCUT2D eigenvalue weighted by atomic mass is 16.5. The summed E-state index contributed by atoms with van der Waals surface area (Å²) in [6.07, 6.45) is 2.16. The van der Waals surface area contributed by atoms with Crippen LogP contribution in [0.15, 0.2) is 0 Å². The fourth-order valence-corrected chi connectivity index (χ4v) is 1.88.